The molecule has 0 aliphatic heterocycles. The van der Waals surface area contributed by atoms with E-state index in [1.807, 2.05) is 0 Å². The summed E-state index contributed by atoms with van der Waals surface area (Å²) in [6.07, 6.45) is 2.80. The van der Waals surface area contributed by atoms with Crippen LogP contribution in [0.4, 0.5) is 0 Å². The van der Waals surface area contributed by atoms with Crippen LogP contribution in [-0.2, 0) is 14.3 Å². The van der Waals surface area contributed by atoms with Crippen molar-refractivity contribution in [2.45, 2.75) is 6.04 Å². The third kappa shape index (κ3) is 5.54. The second-order valence-corrected chi connectivity index (χ2v) is 4.18. The molecule has 0 saturated carbocycles. The molecule has 0 fully saturated rings. The molecule has 0 saturated heterocycles. The molecule has 19 heavy (non-hydrogen) atoms. The van der Waals surface area contributed by atoms with Gasteiger partial charge in [0.15, 0.2) is 6.04 Å². The molecule has 1 atom stereocenters. The van der Waals surface area contributed by atoms with Crippen molar-refractivity contribution in [3.8, 4) is 0 Å². The maximum Gasteiger partial charge on any atom is 0.328 e. The first-order valence-electron chi connectivity index (χ1n) is 5.49. The Kier molecular flexibility index (Phi) is 6.05. The van der Waals surface area contributed by atoms with E-state index in [4.69, 9.17) is 21.4 Å². The van der Waals surface area contributed by atoms with E-state index in [-0.39, 0.29) is 6.61 Å². The Labute approximate surface area is 115 Å². The third-order valence-corrected chi connectivity index (χ3v) is 2.46. The minimum Gasteiger partial charge on any atom is -0.480 e. The maximum atomic E-state index is 11.5. The number of nitrogens with one attached hydrogen (secondary N) is 1. The Bertz CT molecular complexity index is 487. The van der Waals surface area contributed by atoms with Crippen LogP contribution in [0, 0.1) is 0 Å². The molecule has 0 aliphatic carbocycles. The van der Waals surface area contributed by atoms with Crippen molar-refractivity contribution in [3.63, 3.8) is 0 Å². The highest BCUT2D eigenvalue weighted by Gasteiger charge is 2.18. The molecule has 2 N–H and O–H groups in total. The van der Waals surface area contributed by atoms with Crippen molar-refractivity contribution in [1.29, 1.82) is 0 Å². The standard InChI is InChI=1S/C13H14ClNO4/c1-19-8-11(13(17)18)15-12(16)6-5-9-3-2-4-10(14)7-9/h2-7,11H,8H2,1H3,(H,15,16)(H,17,18)/b6-5+. The molecule has 1 aromatic rings. The van der Waals surface area contributed by atoms with E-state index in [0.717, 1.165) is 5.56 Å². The lowest BCUT2D eigenvalue weighted by Crippen LogP contribution is -2.43. The molecule has 0 heterocycles. The molecule has 5 nitrogen and oxygen atoms in total. The van der Waals surface area contributed by atoms with Crippen LogP contribution in [-0.4, -0.2) is 36.7 Å². The fourth-order valence-corrected chi connectivity index (χ4v) is 1.54. The van der Waals surface area contributed by atoms with Gasteiger partial charge in [-0.2, -0.15) is 0 Å². The monoisotopic (exact) mass is 283 g/mol. The van der Waals surface area contributed by atoms with E-state index in [2.05, 4.69) is 5.32 Å². The van der Waals surface area contributed by atoms with E-state index in [0.29, 0.717) is 5.02 Å². The van der Waals surface area contributed by atoms with Gasteiger partial charge in [0.25, 0.3) is 0 Å². The Morgan fingerprint density at radius 2 is 2.26 bits per heavy atom. The fourth-order valence-electron chi connectivity index (χ4n) is 1.34. The van der Waals surface area contributed by atoms with E-state index in [1.54, 1.807) is 30.3 Å². The molecule has 1 rings (SSSR count). The zero-order chi connectivity index (χ0) is 14.3. The van der Waals surface area contributed by atoms with Gasteiger partial charge >= 0.3 is 5.97 Å². The number of carbonyl (C=O) groups excluding carboxylic acids is 1. The van der Waals surface area contributed by atoms with Crippen LogP contribution in [0.3, 0.4) is 0 Å². The second-order valence-electron chi connectivity index (χ2n) is 3.74. The summed E-state index contributed by atoms with van der Waals surface area (Å²) in [5.41, 5.74) is 0.751. The first-order chi connectivity index (χ1) is 9.02. The Morgan fingerprint density at radius 3 is 2.84 bits per heavy atom. The normalized spacial score (nSPS) is 12.3. The number of aliphatic carboxylic acids is 1. The molecular formula is C13H14ClNO4. The molecule has 0 aromatic heterocycles. The molecule has 0 spiro atoms. The first-order valence-corrected chi connectivity index (χ1v) is 5.86. The minimum atomic E-state index is -1.15. The van der Waals surface area contributed by atoms with E-state index >= 15 is 0 Å². The zero-order valence-electron chi connectivity index (χ0n) is 10.3. The lowest BCUT2D eigenvalue weighted by molar-refractivity contribution is -0.142. The quantitative estimate of drug-likeness (QED) is 0.777. The Balaban J connectivity index is 2.61. The summed E-state index contributed by atoms with van der Waals surface area (Å²) in [6, 6.07) is 5.87. The lowest BCUT2D eigenvalue weighted by Gasteiger charge is -2.11. The number of carboxylic acid groups (broad SMARTS) is 1. The molecule has 102 valence electrons. The van der Waals surface area contributed by atoms with Crippen LogP contribution in [0.25, 0.3) is 6.08 Å². The van der Waals surface area contributed by atoms with Crippen molar-refractivity contribution in [3.05, 3.63) is 40.9 Å². The van der Waals surface area contributed by atoms with Gasteiger partial charge in [-0.3, -0.25) is 4.79 Å². The SMILES string of the molecule is COCC(NC(=O)/C=C/c1cccc(Cl)c1)C(=O)O. The van der Waals surface area contributed by atoms with Gasteiger partial charge in [0.2, 0.25) is 5.91 Å². The van der Waals surface area contributed by atoms with E-state index in [9.17, 15) is 9.59 Å². The van der Waals surface area contributed by atoms with Gasteiger partial charge in [-0.15, -0.1) is 0 Å². The Hall–Kier alpha value is -1.85. The summed E-state index contributed by atoms with van der Waals surface area (Å²) in [6.45, 7) is -0.0912. The van der Waals surface area contributed by atoms with Crippen molar-refractivity contribution in [2.24, 2.45) is 0 Å². The average molecular weight is 284 g/mol. The van der Waals surface area contributed by atoms with Crippen LogP contribution in [0.5, 0.6) is 0 Å². The van der Waals surface area contributed by atoms with Gasteiger partial charge in [-0.1, -0.05) is 23.7 Å². The highest BCUT2D eigenvalue weighted by Crippen LogP contribution is 2.11. The molecule has 1 unspecified atom stereocenters. The number of amides is 1. The number of hydrogen-bond donors (Lipinski definition) is 2. The number of methoxy groups -OCH3 is 1. The summed E-state index contributed by atoms with van der Waals surface area (Å²) in [7, 11) is 1.36. The van der Waals surface area contributed by atoms with Crippen molar-refractivity contribution >= 4 is 29.6 Å². The number of rotatable bonds is 6. The second kappa shape index (κ2) is 7.56. The molecule has 0 bridgehead atoms. The number of benzene rings is 1. The van der Waals surface area contributed by atoms with Gasteiger partial charge in [0, 0.05) is 18.2 Å². The summed E-state index contributed by atoms with van der Waals surface area (Å²) >= 11 is 5.80. The van der Waals surface area contributed by atoms with E-state index in [1.165, 1.54) is 13.2 Å². The Morgan fingerprint density at radius 1 is 1.53 bits per heavy atom. The lowest BCUT2D eigenvalue weighted by atomic mass is 10.2. The zero-order valence-corrected chi connectivity index (χ0v) is 11.1. The molecule has 0 radical (unpaired) electrons. The summed E-state index contributed by atoms with van der Waals surface area (Å²) in [5, 5.41) is 11.7. The maximum absolute atomic E-state index is 11.5. The highest BCUT2D eigenvalue weighted by molar-refractivity contribution is 6.30. The van der Waals surface area contributed by atoms with E-state index < -0.39 is 17.9 Å². The number of ether oxygens (including phenoxy) is 1. The van der Waals surface area contributed by atoms with Crippen LogP contribution in [0.2, 0.25) is 5.02 Å². The molecule has 1 amide bonds. The third-order valence-electron chi connectivity index (χ3n) is 2.22. The van der Waals surface area contributed by atoms with Crippen LogP contribution < -0.4 is 5.32 Å². The van der Waals surface area contributed by atoms with Crippen molar-refractivity contribution in [1.82, 2.24) is 5.32 Å². The highest BCUT2D eigenvalue weighted by atomic mass is 35.5. The summed E-state index contributed by atoms with van der Waals surface area (Å²) < 4.78 is 4.71. The topological polar surface area (TPSA) is 75.6 Å². The van der Waals surface area contributed by atoms with Gasteiger partial charge in [0.05, 0.1) is 6.61 Å². The molecule has 1 aromatic carbocycles. The van der Waals surface area contributed by atoms with Gasteiger partial charge in [-0.25, -0.2) is 4.79 Å². The van der Waals surface area contributed by atoms with Crippen LogP contribution >= 0.6 is 11.6 Å². The molecule has 6 heteroatoms. The minimum absolute atomic E-state index is 0.0912. The predicted octanol–water partition coefficient (Wildman–Crippen LogP) is 1.57. The largest absolute Gasteiger partial charge is 0.480 e. The average Bonchev–Trinajstić information content (AvgIpc) is 2.36. The van der Waals surface area contributed by atoms with Gasteiger partial charge in [-0.05, 0) is 23.8 Å². The predicted molar refractivity (Wildman–Crippen MR) is 71.9 cm³/mol. The van der Waals surface area contributed by atoms with Crippen LogP contribution in [0.1, 0.15) is 5.56 Å². The smallest absolute Gasteiger partial charge is 0.328 e. The van der Waals surface area contributed by atoms with Crippen molar-refractivity contribution < 1.29 is 19.4 Å². The number of halogens is 1. The fraction of sp³-hybridized carbons (Fsp3) is 0.231. The number of carbonyl (C=O) groups is 2. The summed E-state index contributed by atoms with van der Waals surface area (Å²) in [4.78, 5) is 22.3. The van der Waals surface area contributed by atoms with Crippen molar-refractivity contribution in [2.75, 3.05) is 13.7 Å². The van der Waals surface area contributed by atoms with Gasteiger partial charge in [0.1, 0.15) is 0 Å². The first kappa shape index (κ1) is 15.2. The number of carboxylic acids is 1. The molecule has 0 aliphatic rings. The number of hydrogen-bond acceptors (Lipinski definition) is 3. The summed E-state index contributed by atoms with van der Waals surface area (Å²) in [5.74, 6) is -1.66. The van der Waals surface area contributed by atoms with Crippen LogP contribution in [0.15, 0.2) is 30.3 Å². The van der Waals surface area contributed by atoms with Gasteiger partial charge < -0.3 is 15.2 Å². The molecular weight excluding hydrogens is 270 g/mol.